The third kappa shape index (κ3) is 2.77. The Morgan fingerprint density at radius 1 is 1.35 bits per heavy atom. The van der Waals surface area contributed by atoms with Crippen LogP contribution in [0.5, 0.6) is 0 Å². The van der Waals surface area contributed by atoms with Crippen molar-refractivity contribution in [3.8, 4) is 0 Å². The van der Waals surface area contributed by atoms with E-state index in [9.17, 15) is 17.6 Å². The predicted molar refractivity (Wildman–Crippen MR) is 71.2 cm³/mol. The third-order valence-corrected chi connectivity index (χ3v) is 3.90. The van der Waals surface area contributed by atoms with Gasteiger partial charge in [-0.25, -0.2) is 17.9 Å². The van der Waals surface area contributed by atoms with E-state index in [0.29, 0.717) is 5.56 Å². The summed E-state index contributed by atoms with van der Waals surface area (Å²) >= 11 is 0. The van der Waals surface area contributed by atoms with Crippen LogP contribution >= 0.6 is 0 Å². The molecule has 1 aromatic heterocycles. The Hall–Kier alpha value is -2.42. The minimum absolute atomic E-state index is 0.136. The molecular formula is C11H11FN4O3S. The number of aromatic nitrogens is 2. The smallest absolute Gasteiger partial charge is 0.266 e. The summed E-state index contributed by atoms with van der Waals surface area (Å²) in [5, 5.41) is 5.54. The number of nitrogens with two attached hydrogens (primary N) is 1. The fourth-order valence-electron chi connectivity index (χ4n) is 1.47. The van der Waals surface area contributed by atoms with Gasteiger partial charge in [0.2, 0.25) is 0 Å². The Balaban J connectivity index is 2.43. The molecule has 9 heteroatoms. The van der Waals surface area contributed by atoms with Crippen molar-refractivity contribution in [1.29, 1.82) is 0 Å². The third-order valence-electron chi connectivity index (χ3n) is 2.53. The van der Waals surface area contributed by atoms with Gasteiger partial charge in [-0.05, 0) is 30.7 Å². The second-order valence-electron chi connectivity index (χ2n) is 4.05. The molecule has 1 aromatic carbocycles. The van der Waals surface area contributed by atoms with Crippen LogP contribution in [0.15, 0.2) is 34.0 Å². The zero-order valence-corrected chi connectivity index (χ0v) is 11.2. The van der Waals surface area contributed by atoms with Crippen LogP contribution in [0, 0.1) is 12.7 Å². The molecule has 0 atom stereocenters. The summed E-state index contributed by atoms with van der Waals surface area (Å²) in [6.45, 7) is 1.56. The van der Waals surface area contributed by atoms with Crippen LogP contribution in [0.1, 0.15) is 5.56 Å². The van der Waals surface area contributed by atoms with E-state index >= 15 is 0 Å². The summed E-state index contributed by atoms with van der Waals surface area (Å²) in [7, 11) is -4.19. The highest BCUT2D eigenvalue weighted by Gasteiger charge is 2.21. The number of nitrogens with one attached hydrogen (secondary N) is 2. The van der Waals surface area contributed by atoms with Crippen molar-refractivity contribution in [1.82, 2.24) is 10.2 Å². The molecule has 0 bridgehead atoms. The lowest BCUT2D eigenvalue weighted by Gasteiger charge is -2.09. The number of aromatic amines is 1. The Morgan fingerprint density at radius 2 is 2.05 bits per heavy atom. The molecule has 0 aliphatic rings. The van der Waals surface area contributed by atoms with Crippen molar-refractivity contribution in [3.05, 3.63) is 46.0 Å². The summed E-state index contributed by atoms with van der Waals surface area (Å²) in [6.07, 6.45) is 0. The molecule has 0 amide bonds. The van der Waals surface area contributed by atoms with Gasteiger partial charge in [0.25, 0.3) is 15.6 Å². The molecule has 0 fully saturated rings. The van der Waals surface area contributed by atoms with E-state index in [1.807, 2.05) is 4.72 Å². The van der Waals surface area contributed by atoms with Gasteiger partial charge in [-0.15, -0.1) is 0 Å². The maximum absolute atomic E-state index is 13.7. The number of sulfonamides is 1. The molecule has 2 rings (SSSR count). The topological polar surface area (TPSA) is 118 Å². The van der Waals surface area contributed by atoms with Crippen molar-refractivity contribution in [3.63, 3.8) is 0 Å². The maximum atomic E-state index is 13.7. The predicted octanol–water partition coefficient (Wildman–Crippen LogP) is 0.600. The summed E-state index contributed by atoms with van der Waals surface area (Å²) in [5.74, 6) is -1.06. The Labute approximate surface area is 113 Å². The summed E-state index contributed by atoms with van der Waals surface area (Å²) in [5.41, 5.74) is 5.68. The van der Waals surface area contributed by atoms with Gasteiger partial charge in [0.15, 0.2) is 5.82 Å². The average Bonchev–Trinajstić information content (AvgIpc) is 2.36. The average molecular weight is 298 g/mol. The van der Waals surface area contributed by atoms with Crippen LogP contribution in [0.2, 0.25) is 0 Å². The number of hydrogen-bond acceptors (Lipinski definition) is 5. The number of nitrogens with zero attached hydrogens (tertiary/aromatic N) is 1. The van der Waals surface area contributed by atoms with Crippen molar-refractivity contribution < 1.29 is 12.8 Å². The molecule has 106 valence electrons. The Bertz CT molecular complexity index is 796. The van der Waals surface area contributed by atoms with Crippen LogP contribution in [-0.2, 0) is 10.0 Å². The van der Waals surface area contributed by atoms with Crippen molar-refractivity contribution in [2.75, 3.05) is 10.5 Å². The molecule has 4 N–H and O–H groups in total. The van der Waals surface area contributed by atoms with Crippen LogP contribution in [0.25, 0.3) is 0 Å². The zero-order valence-electron chi connectivity index (χ0n) is 10.3. The highest BCUT2D eigenvalue weighted by molar-refractivity contribution is 7.92. The van der Waals surface area contributed by atoms with E-state index in [1.165, 1.54) is 0 Å². The number of nitrogen functional groups attached to an aromatic ring is 1. The molecule has 20 heavy (non-hydrogen) atoms. The van der Waals surface area contributed by atoms with Crippen molar-refractivity contribution >= 4 is 21.5 Å². The van der Waals surface area contributed by atoms with E-state index in [2.05, 4.69) is 10.2 Å². The molecule has 7 nitrogen and oxygen atoms in total. The van der Waals surface area contributed by atoms with Gasteiger partial charge < -0.3 is 5.73 Å². The molecule has 1 heterocycles. The van der Waals surface area contributed by atoms with Crippen LogP contribution < -0.4 is 16.0 Å². The van der Waals surface area contributed by atoms with Gasteiger partial charge in [0, 0.05) is 11.8 Å². The van der Waals surface area contributed by atoms with Gasteiger partial charge in [0.1, 0.15) is 10.7 Å². The van der Waals surface area contributed by atoms with E-state index in [-0.39, 0.29) is 11.5 Å². The first-order valence-corrected chi connectivity index (χ1v) is 6.92. The molecule has 0 aliphatic carbocycles. The van der Waals surface area contributed by atoms with Crippen LogP contribution in [-0.4, -0.2) is 18.6 Å². The van der Waals surface area contributed by atoms with Crippen LogP contribution in [0.3, 0.4) is 0 Å². The number of aryl methyl sites for hydroxylation is 1. The van der Waals surface area contributed by atoms with E-state index in [4.69, 9.17) is 5.73 Å². The molecular weight excluding hydrogens is 287 g/mol. The van der Waals surface area contributed by atoms with Gasteiger partial charge in [-0.3, -0.25) is 9.52 Å². The number of anilines is 2. The highest BCUT2D eigenvalue weighted by atomic mass is 32.2. The number of benzene rings is 1. The van der Waals surface area contributed by atoms with Gasteiger partial charge in [-0.2, -0.15) is 5.10 Å². The van der Waals surface area contributed by atoms with E-state index in [0.717, 1.165) is 24.3 Å². The molecule has 2 aromatic rings. The Morgan fingerprint density at radius 3 is 2.65 bits per heavy atom. The lowest BCUT2D eigenvalue weighted by atomic mass is 10.2. The minimum Gasteiger partial charge on any atom is -0.398 e. The van der Waals surface area contributed by atoms with Crippen molar-refractivity contribution in [2.45, 2.75) is 11.8 Å². The lowest BCUT2D eigenvalue weighted by Crippen LogP contribution is -2.18. The number of rotatable bonds is 3. The first-order valence-electron chi connectivity index (χ1n) is 5.44. The first kappa shape index (κ1) is 14.0. The van der Waals surface area contributed by atoms with Gasteiger partial charge >= 0.3 is 0 Å². The second kappa shape index (κ2) is 4.93. The Kier molecular flexibility index (Phi) is 3.45. The summed E-state index contributed by atoms with van der Waals surface area (Å²) < 4.78 is 39.8. The van der Waals surface area contributed by atoms with Crippen molar-refractivity contribution in [2.24, 2.45) is 0 Å². The quantitative estimate of drug-likeness (QED) is 0.717. The molecule has 0 unspecified atom stereocenters. The monoisotopic (exact) mass is 298 g/mol. The molecule has 0 aliphatic heterocycles. The minimum atomic E-state index is -4.19. The van der Waals surface area contributed by atoms with E-state index < -0.39 is 26.3 Å². The summed E-state index contributed by atoms with van der Waals surface area (Å²) in [6, 6.07) is 4.30. The normalized spacial score (nSPS) is 11.3. The fourth-order valence-corrected chi connectivity index (χ4v) is 2.57. The second-order valence-corrected chi connectivity index (χ2v) is 5.70. The number of hydrogen-bond donors (Lipinski definition) is 3. The first-order chi connectivity index (χ1) is 9.29. The fraction of sp³-hybridized carbons (Fsp3) is 0.0909. The lowest BCUT2D eigenvalue weighted by molar-refractivity contribution is 0.570. The largest absolute Gasteiger partial charge is 0.398 e. The van der Waals surface area contributed by atoms with E-state index in [1.54, 1.807) is 6.92 Å². The summed E-state index contributed by atoms with van der Waals surface area (Å²) in [4.78, 5) is 10.2. The van der Waals surface area contributed by atoms with Gasteiger partial charge in [0.05, 0.1) is 0 Å². The molecule has 0 saturated carbocycles. The maximum Gasteiger partial charge on any atom is 0.266 e. The molecule has 0 saturated heterocycles. The van der Waals surface area contributed by atoms with Gasteiger partial charge in [-0.1, -0.05) is 0 Å². The van der Waals surface area contributed by atoms with Crippen LogP contribution in [0.4, 0.5) is 15.9 Å². The standard InChI is InChI=1S/C11H11FN4O3S/c1-6-4-7(12)9(5-8(6)13)20(18,19)16-10-2-3-11(17)15-14-10/h2-5H,13H2,1H3,(H,14,16)(H,15,17). The SMILES string of the molecule is Cc1cc(F)c(S(=O)(=O)Nc2ccc(=O)[nH]n2)cc1N. The molecule has 0 radical (unpaired) electrons. The zero-order chi connectivity index (χ0) is 14.9. The molecule has 0 spiro atoms. The number of H-pyrrole nitrogens is 1. The number of halogens is 1. The highest BCUT2D eigenvalue weighted by Crippen LogP contribution is 2.22.